The first-order valence-electron chi connectivity index (χ1n) is 8.15. The highest BCUT2D eigenvalue weighted by Crippen LogP contribution is 2.37. The number of benzene rings is 1. The third-order valence-electron chi connectivity index (χ3n) is 4.62. The minimum absolute atomic E-state index is 0.169. The number of fused-ring (bicyclic) bond motifs is 1. The quantitative estimate of drug-likeness (QED) is 0.857. The summed E-state index contributed by atoms with van der Waals surface area (Å²) in [4.78, 5) is 25.5. The summed E-state index contributed by atoms with van der Waals surface area (Å²) in [7, 11) is 0. The summed E-state index contributed by atoms with van der Waals surface area (Å²) < 4.78 is 5.60. The topological polar surface area (TPSA) is 78.9 Å². The standard InChI is InChI=1S/C17H21ClN2O4/c1-10-7-11(16(21)22)9-20(8-10)17(23)19-14-5-6-24-15-12(14)3-2-4-13(15)18/h2-4,10-11,14H,5-9H2,1H3,(H,19,23)(H,21,22). The molecule has 130 valence electrons. The summed E-state index contributed by atoms with van der Waals surface area (Å²) in [6.45, 7) is 3.27. The number of likely N-dealkylation sites (tertiary alicyclic amines) is 1. The maximum Gasteiger partial charge on any atom is 0.317 e. The number of hydrogen-bond acceptors (Lipinski definition) is 3. The van der Waals surface area contributed by atoms with Gasteiger partial charge >= 0.3 is 12.0 Å². The van der Waals surface area contributed by atoms with Gasteiger partial charge in [-0.25, -0.2) is 4.79 Å². The summed E-state index contributed by atoms with van der Waals surface area (Å²) >= 11 is 6.15. The summed E-state index contributed by atoms with van der Waals surface area (Å²) in [5.41, 5.74) is 0.863. The molecule has 2 aliphatic heterocycles. The van der Waals surface area contributed by atoms with E-state index in [1.807, 2.05) is 19.1 Å². The van der Waals surface area contributed by atoms with Gasteiger partial charge in [0, 0.05) is 25.1 Å². The zero-order chi connectivity index (χ0) is 17.3. The lowest BCUT2D eigenvalue weighted by molar-refractivity contribution is -0.143. The monoisotopic (exact) mass is 352 g/mol. The van der Waals surface area contributed by atoms with E-state index in [1.165, 1.54) is 0 Å². The molecular formula is C17H21ClN2O4. The molecule has 1 saturated heterocycles. The van der Waals surface area contributed by atoms with Gasteiger partial charge in [-0.2, -0.15) is 0 Å². The molecule has 2 aliphatic rings. The number of nitrogens with one attached hydrogen (secondary N) is 1. The molecule has 0 bridgehead atoms. The summed E-state index contributed by atoms with van der Waals surface area (Å²) in [6, 6.07) is 5.07. The summed E-state index contributed by atoms with van der Waals surface area (Å²) in [5.74, 6) is -0.563. The van der Waals surface area contributed by atoms with Crippen molar-refractivity contribution in [3.05, 3.63) is 28.8 Å². The molecule has 6 nitrogen and oxygen atoms in total. The Morgan fingerprint density at radius 2 is 2.17 bits per heavy atom. The Hall–Kier alpha value is -1.95. The molecule has 3 atom stereocenters. The molecule has 0 aliphatic carbocycles. The number of urea groups is 1. The van der Waals surface area contributed by atoms with Crippen LogP contribution in [0.4, 0.5) is 4.79 Å². The SMILES string of the molecule is CC1CC(C(=O)O)CN(C(=O)NC2CCOc3c(Cl)cccc32)C1. The van der Waals surface area contributed by atoms with Crippen LogP contribution in [0.1, 0.15) is 31.4 Å². The number of nitrogens with zero attached hydrogens (tertiary/aromatic N) is 1. The number of hydrogen-bond donors (Lipinski definition) is 2. The molecule has 3 unspecified atom stereocenters. The lowest BCUT2D eigenvalue weighted by Gasteiger charge is -2.36. The van der Waals surface area contributed by atoms with Crippen LogP contribution in [0.2, 0.25) is 5.02 Å². The second-order valence-electron chi connectivity index (χ2n) is 6.58. The second-order valence-corrected chi connectivity index (χ2v) is 6.99. The molecule has 1 fully saturated rings. The van der Waals surface area contributed by atoms with Gasteiger partial charge in [0.2, 0.25) is 0 Å². The lowest BCUT2D eigenvalue weighted by Crippen LogP contribution is -2.50. The number of amides is 2. The van der Waals surface area contributed by atoms with Crippen molar-refractivity contribution in [2.75, 3.05) is 19.7 Å². The number of carbonyl (C=O) groups is 2. The minimum atomic E-state index is -0.845. The number of aliphatic carboxylic acids is 1. The van der Waals surface area contributed by atoms with Crippen LogP contribution >= 0.6 is 11.6 Å². The maximum absolute atomic E-state index is 12.6. The Morgan fingerprint density at radius 3 is 2.92 bits per heavy atom. The van der Waals surface area contributed by atoms with Crippen LogP contribution in [0.25, 0.3) is 0 Å². The molecule has 3 rings (SSSR count). The van der Waals surface area contributed by atoms with Gasteiger partial charge in [0.1, 0.15) is 5.75 Å². The van der Waals surface area contributed by atoms with Crippen LogP contribution in [0, 0.1) is 11.8 Å². The van der Waals surface area contributed by atoms with Gasteiger partial charge in [-0.05, 0) is 18.4 Å². The molecule has 7 heteroatoms. The zero-order valence-corrected chi connectivity index (χ0v) is 14.3. The van der Waals surface area contributed by atoms with E-state index >= 15 is 0 Å². The normalized spacial score (nSPS) is 26.2. The molecule has 0 spiro atoms. The Kier molecular flexibility index (Phi) is 4.85. The molecule has 1 aromatic carbocycles. The van der Waals surface area contributed by atoms with E-state index in [0.717, 1.165) is 5.56 Å². The van der Waals surface area contributed by atoms with Crippen molar-refractivity contribution in [1.29, 1.82) is 0 Å². The second kappa shape index (κ2) is 6.89. The van der Waals surface area contributed by atoms with Gasteiger partial charge in [0.05, 0.1) is 23.6 Å². The highest BCUT2D eigenvalue weighted by molar-refractivity contribution is 6.32. The van der Waals surface area contributed by atoms with Crippen molar-refractivity contribution in [2.24, 2.45) is 11.8 Å². The number of carbonyl (C=O) groups excluding carboxylic acids is 1. The zero-order valence-electron chi connectivity index (χ0n) is 13.5. The first-order chi connectivity index (χ1) is 11.5. The van der Waals surface area contributed by atoms with E-state index in [2.05, 4.69) is 5.32 Å². The molecular weight excluding hydrogens is 332 g/mol. The summed E-state index contributed by atoms with van der Waals surface area (Å²) in [6.07, 6.45) is 1.26. The Balaban J connectivity index is 1.72. The molecule has 2 heterocycles. The van der Waals surface area contributed by atoms with Gasteiger partial charge in [-0.3, -0.25) is 4.79 Å². The van der Waals surface area contributed by atoms with E-state index in [4.69, 9.17) is 16.3 Å². The number of rotatable bonds is 2. The predicted molar refractivity (Wildman–Crippen MR) is 89.3 cm³/mol. The molecule has 2 amide bonds. The molecule has 24 heavy (non-hydrogen) atoms. The molecule has 0 saturated carbocycles. The van der Waals surface area contributed by atoms with Crippen molar-refractivity contribution in [2.45, 2.75) is 25.8 Å². The number of carboxylic acid groups (broad SMARTS) is 1. The average molecular weight is 353 g/mol. The molecule has 2 N–H and O–H groups in total. The van der Waals surface area contributed by atoms with Gasteiger partial charge in [-0.1, -0.05) is 30.7 Å². The number of piperidine rings is 1. The Bertz CT molecular complexity index is 651. The fourth-order valence-corrected chi connectivity index (χ4v) is 3.71. The first-order valence-corrected chi connectivity index (χ1v) is 8.53. The van der Waals surface area contributed by atoms with Gasteiger partial charge in [-0.15, -0.1) is 0 Å². The first kappa shape index (κ1) is 16.9. The van der Waals surface area contributed by atoms with E-state index in [-0.39, 0.29) is 24.5 Å². The largest absolute Gasteiger partial charge is 0.492 e. The van der Waals surface area contributed by atoms with Crippen molar-refractivity contribution in [1.82, 2.24) is 10.2 Å². The van der Waals surface area contributed by atoms with Gasteiger partial charge < -0.3 is 20.1 Å². The van der Waals surface area contributed by atoms with Crippen LogP contribution in [0.15, 0.2) is 18.2 Å². The van der Waals surface area contributed by atoms with Crippen LogP contribution in [0.5, 0.6) is 5.75 Å². The third kappa shape index (κ3) is 3.43. The number of para-hydroxylation sites is 1. The molecule has 0 aromatic heterocycles. The van der Waals surface area contributed by atoms with E-state index in [9.17, 15) is 14.7 Å². The van der Waals surface area contributed by atoms with Crippen molar-refractivity contribution in [3.63, 3.8) is 0 Å². The van der Waals surface area contributed by atoms with Crippen LogP contribution in [0.3, 0.4) is 0 Å². The highest BCUT2D eigenvalue weighted by atomic mass is 35.5. The Labute approximate surface area is 145 Å². The van der Waals surface area contributed by atoms with Crippen molar-refractivity contribution < 1.29 is 19.4 Å². The smallest absolute Gasteiger partial charge is 0.317 e. The van der Waals surface area contributed by atoms with Crippen LogP contribution in [-0.2, 0) is 4.79 Å². The predicted octanol–water partition coefficient (Wildman–Crippen LogP) is 2.92. The van der Waals surface area contributed by atoms with Gasteiger partial charge in [0.25, 0.3) is 0 Å². The van der Waals surface area contributed by atoms with Crippen LogP contribution in [-0.4, -0.2) is 41.7 Å². The fourth-order valence-electron chi connectivity index (χ4n) is 3.47. The number of carboxylic acids is 1. The Morgan fingerprint density at radius 1 is 1.38 bits per heavy atom. The molecule has 0 radical (unpaired) electrons. The van der Waals surface area contributed by atoms with Crippen molar-refractivity contribution >= 4 is 23.6 Å². The van der Waals surface area contributed by atoms with E-state index in [1.54, 1.807) is 11.0 Å². The number of ether oxygens (including phenoxy) is 1. The highest BCUT2D eigenvalue weighted by Gasteiger charge is 2.33. The maximum atomic E-state index is 12.6. The molecule has 1 aromatic rings. The minimum Gasteiger partial charge on any atom is -0.492 e. The van der Waals surface area contributed by atoms with Crippen molar-refractivity contribution in [3.8, 4) is 5.75 Å². The third-order valence-corrected chi connectivity index (χ3v) is 4.92. The average Bonchev–Trinajstić information content (AvgIpc) is 2.55. The van der Waals surface area contributed by atoms with E-state index in [0.29, 0.717) is 36.8 Å². The summed E-state index contributed by atoms with van der Waals surface area (Å²) in [5, 5.41) is 12.8. The number of halogens is 1. The fraction of sp³-hybridized carbons (Fsp3) is 0.529. The van der Waals surface area contributed by atoms with E-state index < -0.39 is 11.9 Å². The van der Waals surface area contributed by atoms with Crippen LogP contribution < -0.4 is 10.1 Å². The lowest BCUT2D eigenvalue weighted by atomic mass is 9.90. The van der Waals surface area contributed by atoms with Gasteiger partial charge in [0.15, 0.2) is 0 Å².